The zero-order valence-electron chi connectivity index (χ0n) is 27.1. The van der Waals surface area contributed by atoms with Gasteiger partial charge in [-0.05, 0) is 122 Å². The first kappa shape index (κ1) is 28.6. The fraction of sp³-hybridized carbons (Fsp3) is 0.0435. The van der Waals surface area contributed by atoms with Gasteiger partial charge in [0.05, 0.1) is 16.7 Å². The second-order valence-corrected chi connectivity index (χ2v) is 13.2. The summed E-state index contributed by atoms with van der Waals surface area (Å²) >= 11 is 0. The van der Waals surface area contributed by atoms with Crippen LogP contribution in [0.15, 0.2) is 146 Å². The van der Waals surface area contributed by atoms with E-state index >= 15 is 0 Å². The first-order valence-corrected chi connectivity index (χ1v) is 17.0. The highest BCUT2D eigenvalue weighted by Gasteiger charge is 2.24. The topological polar surface area (TPSA) is 29.0 Å². The Morgan fingerprint density at radius 2 is 1.16 bits per heavy atom. The molecule has 2 aliphatic carbocycles. The third kappa shape index (κ3) is 4.64. The lowest BCUT2D eigenvalue weighted by Gasteiger charge is -2.28. The van der Waals surface area contributed by atoms with E-state index < -0.39 is 0 Å². The van der Waals surface area contributed by atoms with Gasteiger partial charge >= 0.3 is 0 Å². The van der Waals surface area contributed by atoms with Crippen molar-refractivity contribution in [3.05, 3.63) is 185 Å². The Bertz CT molecular complexity index is 2710. The van der Waals surface area contributed by atoms with Crippen LogP contribution in [0.1, 0.15) is 33.4 Å². The van der Waals surface area contributed by atoms with Gasteiger partial charge in [0.25, 0.3) is 0 Å². The van der Waals surface area contributed by atoms with E-state index in [4.69, 9.17) is 0 Å². The maximum atomic E-state index is 14.2. The zero-order valence-corrected chi connectivity index (χ0v) is 27.1. The van der Waals surface area contributed by atoms with Crippen LogP contribution in [0.3, 0.4) is 0 Å². The number of hydrogen-bond acceptors (Lipinski definition) is 3. The van der Waals surface area contributed by atoms with Gasteiger partial charge in [0.15, 0.2) is 0 Å². The Morgan fingerprint density at radius 3 is 1.92 bits per heavy atom. The number of aromatic nitrogens is 2. The molecule has 0 bridgehead atoms. The Hall–Kier alpha value is -6.39. The first-order valence-electron chi connectivity index (χ1n) is 17.0. The van der Waals surface area contributed by atoms with E-state index in [1.807, 2.05) is 24.3 Å². The van der Waals surface area contributed by atoms with Gasteiger partial charge in [-0.2, -0.15) is 0 Å². The third-order valence-corrected chi connectivity index (χ3v) is 10.2. The minimum absolute atomic E-state index is 0.268. The highest BCUT2D eigenvalue weighted by Crippen LogP contribution is 2.45. The molecule has 10 rings (SSSR count). The van der Waals surface area contributed by atoms with E-state index in [0.717, 1.165) is 46.3 Å². The summed E-state index contributed by atoms with van der Waals surface area (Å²) in [5.41, 5.74) is 14.9. The molecule has 4 heteroatoms. The number of benzene rings is 7. The molecule has 8 aromatic rings. The molecule has 1 aromatic heterocycles. The monoisotopic (exact) mass is 643 g/mol. The fourth-order valence-corrected chi connectivity index (χ4v) is 7.99. The number of anilines is 3. The van der Waals surface area contributed by atoms with E-state index in [1.165, 1.54) is 72.8 Å². The Morgan fingerprint density at radius 1 is 0.520 bits per heavy atom. The van der Waals surface area contributed by atoms with Gasteiger partial charge in [-0.25, -0.2) is 4.39 Å². The molecule has 2 aliphatic rings. The van der Waals surface area contributed by atoms with Crippen LogP contribution in [0.4, 0.5) is 21.5 Å². The summed E-state index contributed by atoms with van der Waals surface area (Å²) in [4.78, 5) is 11.2. The molecule has 0 fully saturated rings. The number of allylic oxidation sites excluding steroid dienone is 2. The summed E-state index contributed by atoms with van der Waals surface area (Å²) < 4.78 is 14.2. The minimum atomic E-state index is -0.268. The molecule has 0 amide bonds. The molecule has 0 radical (unpaired) electrons. The van der Waals surface area contributed by atoms with Gasteiger partial charge in [-0.3, -0.25) is 9.97 Å². The summed E-state index contributed by atoms with van der Waals surface area (Å²) in [6.45, 7) is 0. The van der Waals surface area contributed by atoms with Crippen molar-refractivity contribution in [2.45, 2.75) is 12.8 Å². The van der Waals surface area contributed by atoms with Crippen molar-refractivity contribution in [2.24, 2.45) is 0 Å². The highest BCUT2D eigenvalue weighted by molar-refractivity contribution is 6.12. The molecule has 0 saturated heterocycles. The molecule has 7 aromatic carbocycles. The van der Waals surface area contributed by atoms with Crippen molar-refractivity contribution in [2.75, 3.05) is 4.90 Å². The van der Waals surface area contributed by atoms with Gasteiger partial charge in [-0.1, -0.05) is 97.1 Å². The second kappa shape index (κ2) is 11.4. The van der Waals surface area contributed by atoms with Gasteiger partial charge in [-0.15, -0.1) is 0 Å². The maximum Gasteiger partial charge on any atom is 0.123 e. The van der Waals surface area contributed by atoms with E-state index in [9.17, 15) is 4.39 Å². The number of rotatable bonds is 5. The summed E-state index contributed by atoms with van der Waals surface area (Å²) in [6, 6.07) is 45.9. The fourth-order valence-electron chi connectivity index (χ4n) is 7.99. The van der Waals surface area contributed by atoms with Gasteiger partial charge in [0, 0.05) is 29.2 Å². The van der Waals surface area contributed by atoms with Gasteiger partial charge in [0.2, 0.25) is 0 Å². The SMILES string of the molecule is Fc1ccc(N(c2ccc3nccnc3c2)c2ccc(C3=Cc4ccc5c6c(ccc(c46)C3)CC(c3ccccc3)=C5)c3ccccc23)cc1. The lowest BCUT2D eigenvalue weighted by atomic mass is 9.79. The van der Waals surface area contributed by atoms with Crippen LogP contribution in [0.25, 0.3) is 55.9 Å². The Labute approximate surface area is 289 Å². The average Bonchev–Trinajstić information content (AvgIpc) is 3.18. The molecule has 50 heavy (non-hydrogen) atoms. The molecule has 0 atom stereocenters. The number of nitrogens with zero attached hydrogens (tertiary/aromatic N) is 3. The Balaban J connectivity index is 1.11. The van der Waals surface area contributed by atoms with E-state index in [1.54, 1.807) is 12.4 Å². The quantitative estimate of drug-likeness (QED) is 0.187. The predicted molar refractivity (Wildman–Crippen MR) is 205 cm³/mol. The smallest absolute Gasteiger partial charge is 0.123 e. The molecule has 1 heterocycles. The molecule has 0 saturated carbocycles. The van der Waals surface area contributed by atoms with E-state index in [2.05, 4.69) is 124 Å². The van der Waals surface area contributed by atoms with Crippen molar-refractivity contribution >= 4 is 72.9 Å². The van der Waals surface area contributed by atoms with Crippen molar-refractivity contribution in [1.82, 2.24) is 9.97 Å². The third-order valence-electron chi connectivity index (χ3n) is 10.2. The molecule has 0 spiro atoms. The lowest BCUT2D eigenvalue weighted by Crippen LogP contribution is -2.11. The first-order chi connectivity index (χ1) is 24.7. The second-order valence-electron chi connectivity index (χ2n) is 13.2. The molecule has 236 valence electrons. The van der Waals surface area contributed by atoms with Crippen LogP contribution in [-0.2, 0) is 12.8 Å². The predicted octanol–water partition coefficient (Wildman–Crippen LogP) is 11.7. The van der Waals surface area contributed by atoms with Crippen LogP contribution < -0.4 is 4.90 Å². The molecular weight excluding hydrogens is 614 g/mol. The molecular formula is C46H30FN3. The standard InChI is InChI=1S/C46H30FN3/c47-36-14-16-37(17-15-36)50(38-18-20-42-43(28-38)49-23-22-48-42)44-21-19-39(40-8-4-5-9-41(40)44)35-26-32-12-10-30-24-34(29-6-2-1-3-7-29)25-31-11-13-33(27-35)46(32)45(30)31/h1-24,26,28H,25,27H2. The van der Waals surface area contributed by atoms with E-state index in [0.29, 0.717) is 0 Å². The van der Waals surface area contributed by atoms with Crippen molar-refractivity contribution in [3.63, 3.8) is 0 Å². The van der Waals surface area contributed by atoms with Crippen molar-refractivity contribution in [1.29, 1.82) is 0 Å². The molecule has 3 nitrogen and oxygen atoms in total. The van der Waals surface area contributed by atoms with Crippen LogP contribution in [-0.4, -0.2) is 9.97 Å². The summed E-state index contributed by atoms with van der Waals surface area (Å²) in [6.07, 6.45) is 9.99. The summed E-state index contributed by atoms with van der Waals surface area (Å²) in [7, 11) is 0. The minimum Gasteiger partial charge on any atom is -0.310 e. The largest absolute Gasteiger partial charge is 0.310 e. The number of hydrogen-bond donors (Lipinski definition) is 0. The van der Waals surface area contributed by atoms with Gasteiger partial charge in [0.1, 0.15) is 5.82 Å². The highest BCUT2D eigenvalue weighted by atomic mass is 19.1. The van der Waals surface area contributed by atoms with Crippen LogP contribution in [0, 0.1) is 5.82 Å². The Kier molecular flexibility index (Phi) is 6.50. The lowest BCUT2D eigenvalue weighted by molar-refractivity contribution is 0.628. The van der Waals surface area contributed by atoms with Crippen LogP contribution >= 0.6 is 0 Å². The van der Waals surface area contributed by atoms with E-state index in [-0.39, 0.29) is 5.82 Å². The van der Waals surface area contributed by atoms with Crippen molar-refractivity contribution < 1.29 is 4.39 Å². The summed E-state index contributed by atoms with van der Waals surface area (Å²) in [5.74, 6) is -0.268. The van der Waals surface area contributed by atoms with Crippen molar-refractivity contribution in [3.8, 4) is 0 Å². The molecule has 0 unspecified atom stereocenters. The van der Waals surface area contributed by atoms with Gasteiger partial charge < -0.3 is 4.90 Å². The van der Waals surface area contributed by atoms with Crippen LogP contribution in [0.2, 0.25) is 0 Å². The average molecular weight is 644 g/mol. The number of halogens is 1. The maximum absolute atomic E-state index is 14.2. The molecule has 0 N–H and O–H groups in total. The zero-order chi connectivity index (χ0) is 33.2. The number of fused-ring (bicyclic) bond motifs is 2. The normalized spacial score (nSPS) is 13.4. The van der Waals surface area contributed by atoms with Crippen LogP contribution in [0.5, 0.6) is 0 Å². The summed E-state index contributed by atoms with van der Waals surface area (Å²) in [5, 5.41) is 5.07. The molecule has 0 aliphatic heterocycles.